The summed E-state index contributed by atoms with van der Waals surface area (Å²) in [4.78, 5) is 12.2. The van der Waals surface area contributed by atoms with Crippen LogP contribution in [0.3, 0.4) is 0 Å². The van der Waals surface area contributed by atoms with Gasteiger partial charge in [0.2, 0.25) is 15.9 Å². The number of nitrogens with zero attached hydrogens (tertiary/aromatic N) is 1. The van der Waals surface area contributed by atoms with E-state index in [9.17, 15) is 13.2 Å². The molecule has 2 aromatic rings. The zero-order valence-electron chi connectivity index (χ0n) is 14.3. The van der Waals surface area contributed by atoms with Crippen molar-refractivity contribution in [3.05, 3.63) is 59.1 Å². The van der Waals surface area contributed by atoms with Crippen molar-refractivity contribution >= 4 is 38.9 Å². The van der Waals surface area contributed by atoms with Gasteiger partial charge in [-0.15, -0.1) is 0 Å². The lowest BCUT2D eigenvalue weighted by molar-refractivity contribution is -0.116. The Hall–Kier alpha value is -2.05. The van der Waals surface area contributed by atoms with Gasteiger partial charge in [-0.2, -0.15) is 0 Å². The minimum Gasteiger partial charge on any atom is -0.326 e. The van der Waals surface area contributed by atoms with Gasteiger partial charge in [-0.1, -0.05) is 35.9 Å². The number of hydrogen-bond donors (Lipinski definition) is 1. The van der Waals surface area contributed by atoms with Crippen molar-refractivity contribution < 1.29 is 13.2 Å². The lowest BCUT2D eigenvalue weighted by atomic mass is 10.1. The highest BCUT2D eigenvalue weighted by Gasteiger charge is 2.26. The SMILES string of the molecule is O=C(CCc1ccccc1Cl)Nc1cccc(N2CCCCS2(=O)=O)c1. The topological polar surface area (TPSA) is 66.5 Å². The number of aryl methyl sites for hydroxylation is 1. The van der Waals surface area contributed by atoms with Crippen LogP contribution in [0.15, 0.2) is 48.5 Å². The van der Waals surface area contributed by atoms with Crippen LogP contribution in [0.1, 0.15) is 24.8 Å². The number of amides is 1. The summed E-state index contributed by atoms with van der Waals surface area (Å²) in [5.74, 6) is 0.0325. The van der Waals surface area contributed by atoms with Crippen LogP contribution in [0.2, 0.25) is 5.02 Å². The normalized spacial score (nSPS) is 16.3. The van der Waals surface area contributed by atoms with Crippen molar-refractivity contribution in [3.8, 4) is 0 Å². The van der Waals surface area contributed by atoms with Crippen molar-refractivity contribution in [1.82, 2.24) is 0 Å². The van der Waals surface area contributed by atoms with E-state index in [1.807, 2.05) is 18.2 Å². The molecule has 1 heterocycles. The second kappa shape index (κ2) is 8.10. The Morgan fingerprint density at radius 3 is 2.69 bits per heavy atom. The molecule has 138 valence electrons. The standard InChI is InChI=1S/C19H21ClN2O3S/c20-18-9-2-1-6-15(18)10-11-19(23)21-16-7-5-8-17(14-16)22-12-3-4-13-26(22,24)25/h1-2,5-9,14H,3-4,10-13H2,(H,21,23). The summed E-state index contributed by atoms with van der Waals surface area (Å²) >= 11 is 6.11. The molecule has 1 N–H and O–H groups in total. The van der Waals surface area contributed by atoms with Crippen LogP contribution in [-0.4, -0.2) is 26.6 Å². The predicted octanol–water partition coefficient (Wildman–Crippen LogP) is 3.84. The molecule has 0 radical (unpaired) electrons. The summed E-state index contributed by atoms with van der Waals surface area (Å²) in [6.07, 6.45) is 2.38. The second-order valence-electron chi connectivity index (χ2n) is 6.29. The fourth-order valence-corrected chi connectivity index (χ4v) is 4.85. The van der Waals surface area contributed by atoms with Crippen LogP contribution in [-0.2, 0) is 21.2 Å². The fourth-order valence-electron chi connectivity index (χ4n) is 2.99. The number of halogens is 1. The van der Waals surface area contributed by atoms with Gasteiger partial charge in [0, 0.05) is 23.7 Å². The molecule has 1 amide bonds. The summed E-state index contributed by atoms with van der Waals surface area (Å²) in [7, 11) is -3.27. The van der Waals surface area contributed by atoms with Gasteiger partial charge in [-0.05, 0) is 49.1 Å². The van der Waals surface area contributed by atoms with Gasteiger partial charge in [0.25, 0.3) is 0 Å². The Bertz CT molecular complexity index is 899. The third-order valence-corrected chi connectivity index (χ3v) is 6.58. The van der Waals surface area contributed by atoms with Gasteiger partial charge >= 0.3 is 0 Å². The fraction of sp³-hybridized carbons (Fsp3) is 0.316. The summed E-state index contributed by atoms with van der Waals surface area (Å²) in [5.41, 5.74) is 2.11. The number of hydrogen-bond acceptors (Lipinski definition) is 3. The average molecular weight is 393 g/mol. The molecular formula is C19H21ClN2O3S. The van der Waals surface area contributed by atoms with E-state index in [0.29, 0.717) is 42.2 Å². The largest absolute Gasteiger partial charge is 0.326 e. The maximum absolute atomic E-state index is 12.2. The predicted molar refractivity (Wildman–Crippen MR) is 105 cm³/mol. The van der Waals surface area contributed by atoms with Crippen molar-refractivity contribution in [2.75, 3.05) is 21.9 Å². The Morgan fingerprint density at radius 2 is 1.92 bits per heavy atom. The number of carbonyl (C=O) groups is 1. The molecule has 0 spiro atoms. The minimum atomic E-state index is -3.27. The van der Waals surface area contributed by atoms with E-state index in [1.165, 1.54) is 4.31 Å². The van der Waals surface area contributed by atoms with Crippen LogP contribution in [0.4, 0.5) is 11.4 Å². The average Bonchev–Trinajstić information content (AvgIpc) is 2.61. The zero-order chi connectivity index (χ0) is 18.6. The first-order chi connectivity index (χ1) is 12.5. The number of carbonyl (C=O) groups excluding carboxylic acids is 1. The molecule has 0 saturated carbocycles. The maximum atomic E-state index is 12.2. The Balaban J connectivity index is 1.65. The molecule has 7 heteroatoms. The molecular weight excluding hydrogens is 372 g/mol. The van der Waals surface area contributed by atoms with E-state index >= 15 is 0 Å². The van der Waals surface area contributed by atoms with Gasteiger partial charge < -0.3 is 5.32 Å². The minimum absolute atomic E-state index is 0.136. The number of anilines is 2. The molecule has 1 aliphatic rings. The third-order valence-electron chi connectivity index (χ3n) is 4.35. The quantitative estimate of drug-likeness (QED) is 0.840. The van der Waals surface area contributed by atoms with Gasteiger partial charge in [0.1, 0.15) is 0 Å². The number of sulfonamides is 1. The number of benzene rings is 2. The number of nitrogens with one attached hydrogen (secondary N) is 1. The lowest BCUT2D eigenvalue weighted by Gasteiger charge is -2.28. The van der Waals surface area contributed by atoms with Gasteiger partial charge in [-0.25, -0.2) is 8.42 Å². The first kappa shape index (κ1) is 18.7. The van der Waals surface area contributed by atoms with Crippen molar-refractivity contribution in [1.29, 1.82) is 0 Å². The second-order valence-corrected chi connectivity index (χ2v) is 8.71. The highest BCUT2D eigenvalue weighted by molar-refractivity contribution is 7.92. The van der Waals surface area contributed by atoms with E-state index in [4.69, 9.17) is 11.6 Å². The van der Waals surface area contributed by atoms with Gasteiger partial charge in [0.15, 0.2) is 0 Å². The van der Waals surface area contributed by atoms with Crippen LogP contribution in [0, 0.1) is 0 Å². The number of rotatable bonds is 5. The highest BCUT2D eigenvalue weighted by Crippen LogP contribution is 2.26. The lowest BCUT2D eigenvalue weighted by Crippen LogP contribution is -2.37. The van der Waals surface area contributed by atoms with Crippen LogP contribution in [0.5, 0.6) is 0 Å². The zero-order valence-corrected chi connectivity index (χ0v) is 15.9. The van der Waals surface area contributed by atoms with Gasteiger partial charge in [0.05, 0.1) is 11.4 Å². The first-order valence-corrected chi connectivity index (χ1v) is 10.6. The molecule has 3 rings (SSSR count). The first-order valence-electron chi connectivity index (χ1n) is 8.59. The summed E-state index contributed by atoms with van der Waals surface area (Å²) in [6, 6.07) is 14.4. The van der Waals surface area contributed by atoms with E-state index in [0.717, 1.165) is 12.0 Å². The van der Waals surface area contributed by atoms with Gasteiger partial charge in [-0.3, -0.25) is 9.10 Å². The van der Waals surface area contributed by atoms with Crippen LogP contribution in [0.25, 0.3) is 0 Å². The molecule has 0 atom stereocenters. The highest BCUT2D eigenvalue weighted by atomic mass is 35.5. The Labute approximate surface area is 159 Å². The van der Waals surface area contributed by atoms with E-state index in [2.05, 4.69) is 5.32 Å². The van der Waals surface area contributed by atoms with Crippen molar-refractivity contribution in [3.63, 3.8) is 0 Å². The third kappa shape index (κ3) is 4.56. The maximum Gasteiger partial charge on any atom is 0.235 e. The van der Waals surface area contributed by atoms with E-state index < -0.39 is 10.0 Å². The molecule has 0 aliphatic carbocycles. The summed E-state index contributed by atoms with van der Waals surface area (Å²) < 4.78 is 25.9. The Morgan fingerprint density at radius 1 is 1.12 bits per heavy atom. The van der Waals surface area contributed by atoms with E-state index in [-0.39, 0.29) is 11.7 Å². The molecule has 5 nitrogen and oxygen atoms in total. The van der Waals surface area contributed by atoms with Crippen LogP contribution < -0.4 is 9.62 Å². The Kier molecular flexibility index (Phi) is 5.84. The summed E-state index contributed by atoms with van der Waals surface area (Å²) in [5, 5.41) is 3.49. The van der Waals surface area contributed by atoms with Crippen molar-refractivity contribution in [2.24, 2.45) is 0 Å². The van der Waals surface area contributed by atoms with E-state index in [1.54, 1.807) is 30.3 Å². The monoisotopic (exact) mass is 392 g/mol. The molecule has 26 heavy (non-hydrogen) atoms. The summed E-state index contributed by atoms with van der Waals surface area (Å²) in [6.45, 7) is 0.478. The molecule has 0 unspecified atom stereocenters. The molecule has 0 bridgehead atoms. The smallest absolute Gasteiger partial charge is 0.235 e. The molecule has 2 aromatic carbocycles. The molecule has 1 aliphatic heterocycles. The molecule has 1 fully saturated rings. The van der Waals surface area contributed by atoms with Crippen molar-refractivity contribution in [2.45, 2.75) is 25.7 Å². The molecule has 0 aromatic heterocycles. The van der Waals surface area contributed by atoms with Crippen LogP contribution >= 0.6 is 11.6 Å². The molecule has 1 saturated heterocycles.